The van der Waals surface area contributed by atoms with Crippen molar-refractivity contribution in [3.8, 4) is 17.0 Å². The molecule has 2 heterocycles. The van der Waals surface area contributed by atoms with E-state index in [-0.39, 0.29) is 18.3 Å². The molecule has 0 spiro atoms. The van der Waals surface area contributed by atoms with Crippen LogP contribution in [0.5, 0.6) is 5.75 Å². The smallest absolute Gasteiger partial charge is 0.262 e. The van der Waals surface area contributed by atoms with Gasteiger partial charge < -0.3 is 10.1 Å². The predicted octanol–water partition coefficient (Wildman–Crippen LogP) is 4.22. The predicted molar refractivity (Wildman–Crippen MR) is 99.0 cm³/mol. The average Bonchev–Trinajstić information content (AvgIpc) is 3.24. The van der Waals surface area contributed by atoms with E-state index in [0.717, 1.165) is 16.2 Å². The fraction of sp³-hybridized carbons (Fsp3) is 0.0526. The number of thiazole rings is 1. The number of imidazole rings is 1. The molecule has 0 saturated carbocycles. The molecule has 0 aliphatic rings. The highest BCUT2D eigenvalue weighted by atomic mass is 32.1. The number of carbonyl (C=O) groups is 1. The number of aromatic nitrogens is 2. The molecule has 5 nitrogen and oxygen atoms in total. The molecule has 7 heteroatoms. The summed E-state index contributed by atoms with van der Waals surface area (Å²) < 4.78 is 20.2. The Hall–Kier alpha value is -3.19. The number of para-hydroxylation sites is 1. The molecular formula is C19H14FN3O2S. The van der Waals surface area contributed by atoms with Crippen LogP contribution in [0.1, 0.15) is 0 Å². The first-order valence-corrected chi connectivity index (χ1v) is 8.77. The Morgan fingerprint density at radius 3 is 2.81 bits per heavy atom. The quantitative estimate of drug-likeness (QED) is 0.575. The van der Waals surface area contributed by atoms with Crippen molar-refractivity contribution in [1.82, 2.24) is 9.38 Å². The van der Waals surface area contributed by atoms with Gasteiger partial charge in [0.15, 0.2) is 11.6 Å². The highest BCUT2D eigenvalue weighted by Gasteiger charge is 2.12. The van der Waals surface area contributed by atoms with Gasteiger partial charge in [-0.15, -0.1) is 11.3 Å². The van der Waals surface area contributed by atoms with E-state index in [1.807, 2.05) is 46.4 Å². The summed E-state index contributed by atoms with van der Waals surface area (Å²) in [4.78, 5) is 17.7. The molecule has 1 N–H and O–H groups in total. The van der Waals surface area contributed by atoms with Crippen LogP contribution in [0.4, 0.5) is 10.1 Å². The van der Waals surface area contributed by atoms with Crippen LogP contribution in [0.2, 0.25) is 0 Å². The molecule has 26 heavy (non-hydrogen) atoms. The topological polar surface area (TPSA) is 55.6 Å². The van der Waals surface area contributed by atoms with Gasteiger partial charge in [-0.1, -0.05) is 18.2 Å². The van der Waals surface area contributed by atoms with E-state index in [1.54, 1.807) is 11.3 Å². The first-order chi connectivity index (χ1) is 12.7. The molecule has 0 aliphatic heterocycles. The largest absolute Gasteiger partial charge is 0.484 e. The van der Waals surface area contributed by atoms with Gasteiger partial charge in [-0.3, -0.25) is 9.20 Å². The van der Waals surface area contributed by atoms with E-state index in [0.29, 0.717) is 11.4 Å². The van der Waals surface area contributed by atoms with Crippen LogP contribution in [-0.4, -0.2) is 21.9 Å². The summed E-state index contributed by atoms with van der Waals surface area (Å²) in [6, 6.07) is 13.0. The summed E-state index contributed by atoms with van der Waals surface area (Å²) in [5, 5.41) is 4.81. The van der Waals surface area contributed by atoms with Crippen molar-refractivity contribution in [1.29, 1.82) is 0 Å². The minimum Gasteiger partial charge on any atom is -0.484 e. The molecule has 2 aromatic carbocycles. The van der Waals surface area contributed by atoms with Crippen LogP contribution in [0.3, 0.4) is 0 Å². The highest BCUT2D eigenvalue weighted by Crippen LogP contribution is 2.28. The Bertz CT molecular complexity index is 1030. The fourth-order valence-corrected chi connectivity index (χ4v) is 3.24. The van der Waals surface area contributed by atoms with Crippen molar-refractivity contribution in [2.45, 2.75) is 0 Å². The molecular weight excluding hydrogens is 353 g/mol. The number of benzene rings is 2. The van der Waals surface area contributed by atoms with Gasteiger partial charge in [0.1, 0.15) is 11.6 Å². The zero-order valence-electron chi connectivity index (χ0n) is 13.6. The Kier molecular flexibility index (Phi) is 4.37. The molecule has 0 saturated heterocycles. The van der Waals surface area contributed by atoms with Gasteiger partial charge in [0, 0.05) is 23.3 Å². The van der Waals surface area contributed by atoms with Crippen LogP contribution in [0, 0.1) is 5.82 Å². The monoisotopic (exact) mass is 367 g/mol. The van der Waals surface area contributed by atoms with Gasteiger partial charge >= 0.3 is 0 Å². The zero-order valence-corrected chi connectivity index (χ0v) is 14.4. The van der Waals surface area contributed by atoms with E-state index < -0.39 is 0 Å². The first-order valence-electron chi connectivity index (χ1n) is 7.89. The molecule has 0 aliphatic carbocycles. The number of nitrogens with zero attached hydrogens (tertiary/aromatic N) is 2. The normalized spacial score (nSPS) is 10.8. The number of carbonyl (C=O) groups excluding carboxylic acids is 1. The summed E-state index contributed by atoms with van der Waals surface area (Å²) in [7, 11) is 0. The molecule has 4 aromatic rings. The fourth-order valence-electron chi connectivity index (χ4n) is 2.54. The number of ether oxygens (including phenoxy) is 1. The van der Waals surface area contributed by atoms with E-state index in [4.69, 9.17) is 4.74 Å². The van der Waals surface area contributed by atoms with Crippen molar-refractivity contribution in [2.24, 2.45) is 0 Å². The molecule has 130 valence electrons. The first kappa shape index (κ1) is 16.3. The number of rotatable bonds is 5. The lowest BCUT2D eigenvalue weighted by atomic mass is 10.1. The van der Waals surface area contributed by atoms with Gasteiger partial charge in [-0.05, 0) is 30.3 Å². The number of anilines is 1. The Morgan fingerprint density at radius 2 is 2.00 bits per heavy atom. The summed E-state index contributed by atoms with van der Waals surface area (Å²) >= 11 is 1.55. The van der Waals surface area contributed by atoms with Crippen molar-refractivity contribution in [3.05, 3.63) is 72.1 Å². The number of amides is 1. The van der Waals surface area contributed by atoms with Crippen LogP contribution in [0.15, 0.2) is 66.3 Å². The van der Waals surface area contributed by atoms with Gasteiger partial charge in [0.05, 0.1) is 11.4 Å². The third-order valence-corrected chi connectivity index (χ3v) is 4.52. The second-order valence-electron chi connectivity index (χ2n) is 5.56. The summed E-state index contributed by atoms with van der Waals surface area (Å²) in [5.74, 6) is -0.220. The molecule has 1 amide bonds. The van der Waals surface area contributed by atoms with E-state index in [2.05, 4.69) is 10.3 Å². The maximum absolute atomic E-state index is 12.9. The number of nitrogens with one attached hydrogen (secondary N) is 1. The molecule has 2 aromatic heterocycles. The number of hydrogen-bond donors (Lipinski definition) is 1. The van der Waals surface area contributed by atoms with Crippen LogP contribution in [-0.2, 0) is 4.79 Å². The SMILES string of the molecule is O=C(COc1ccc(F)cc1)Nc1ccccc1-c1cn2ccsc2n1. The lowest BCUT2D eigenvalue weighted by Crippen LogP contribution is -2.20. The number of fused-ring (bicyclic) bond motifs is 1. The lowest BCUT2D eigenvalue weighted by molar-refractivity contribution is -0.118. The minimum atomic E-state index is -0.351. The van der Waals surface area contributed by atoms with Gasteiger partial charge in [-0.25, -0.2) is 9.37 Å². The molecule has 0 fully saturated rings. The summed E-state index contributed by atoms with van der Waals surface area (Å²) in [5.41, 5.74) is 2.27. The van der Waals surface area contributed by atoms with Crippen LogP contribution in [0.25, 0.3) is 16.2 Å². The lowest BCUT2D eigenvalue weighted by Gasteiger charge is -2.10. The van der Waals surface area contributed by atoms with E-state index in [9.17, 15) is 9.18 Å². The van der Waals surface area contributed by atoms with Gasteiger partial charge in [0.25, 0.3) is 5.91 Å². The standard InChI is InChI=1S/C19H14FN3O2S/c20-13-5-7-14(8-6-13)25-12-18(24)21-16-4-2-1-3-15(16)17-11-23-9-10-26-19(23)22-17/h1-11H,12H2,(H,21,24). The maximum atomic E-state index is 12.9. The number of halogens is 1. The van der Waals surface area contributed by atoms with E-state index in [1.165, 1.54) is 24.3 Å². The second kappa shape index (κ2) is 6.97. The Balaban J connectivity index is 1.48. The van der Waals surface area contributed by atoms with Crippen molar-refractivity contribution >= 4 is 27.9 Å². The average molecular weight is 367 g/mol. The molecule has 0 unspecified atom stereocenters. The number of hydrogen-bond acceptors (Lipinski definition) is 4. The summed E-state index contributed by atoms with van der Waals surface area (Å²) in [6.45, 7) is -0.168. The third kappa shape index (κ3) is 3.43. The van der Waals surface area contributed by atoms with Crippen LogP contribution >= 0.6 is 11.3 Å². The van der Waals surface area contributed by atoms with Gasteiger partial charge in [-0.2, -0.15) is 0 Å². The molecule has 0 atom stereocenters. The summed E-state index contributed by atoms with van der Waals surface area (Å²) in [6.07, 6.45) is 3.86. The Labute approximate surface area is 152 Å². The Morgan fingerprint density at radius 1 is 1.19 bits per heavy atom. The molecule has 0 radical (unpaired) electrons. The van der Waals surface area contributed by atoms with Crippen LogP contribution < -0.4 is 10.1 Å². The third-order valence-electron chi connectivity index (χ3n) is 3.75. The van der Waals surface area contributed by atoms with E-state index >= 15 is 0 Å². The molecule has 0 bridgehead atoms. The van der Waals surface area contributed by atoms with Crippen molar-refractivity contribution < 1.29 is 13.9 Å². The van der Waals surface area contributed by atoms with Crippen molar-refractivity contribution in [3.63, 3.8) is 0 Å². The second-order valence-corrected chi connectivity index (χ2v) is 6.43. The molecule has 4 rings (SSSR count). The highest BCUT2D eigenvalue weighted by molar-refractivity contribution is 7.15. The van der Waals surface area contributed by atoms with Crippen molar-refractivity contribution in [2.75, 3.05) is 11.9 Å². The van der Waals surface area contributed by atoms with Gasteiger partial charge in [0.2, 0.25) is 0 Å². The maximum Gasteiger partial charge on any atom is 0.262 e. The minimum absolute atomic E-state index is 0.168. The zero-order chi connectivity index (χ0) is 17.9.